The molecule has 51 heavy (non-hydrogen) atoms. The van der Waals surface area contributed by atoms with Gasteiger partial charge in [-0.25, -0.2) is 4.21 Å². The lowest BCUT2D eigenvalue weighted by Crippen LogP contribution is -2.31. The Morgan fingerprint density at radius 2 is 1.61 bits per heavy atom. The second kappa shape index (κ2) is 24.4. The maximum atomic E-state index is 14.2. The number of carbonyl (C=O) groups excluding carboxylic acids is 1. The molecule has 1 aromatic heterocycles. The van der Waals surface area contributed by atoms with Gasteiger partial charge in [0.25, 0.3) is 5.91 Å². The standard InChI is InChI=1S/C35H44N6O4S.C3H8.C2H6/c1-9-11-12-15-28(22-25(6)34-37-40-41-38-34)32(24(5)10-2)36-35(42)33(45-31-17-14-13-16-30(31)44-8)26(7)39-46(43)29-20-18-27(19-21-29)23(3)4;1-3-2;1-2/h11-23,39H,9-10H2,1-8H3,(H,36,42)(H,37,38,40,41);3H2,1-2H3;1-2H3/b12-11+,25-22+,28-15+,32-24+,33-26-;;. The molecule has 1 unspecified atom stereocenters. The summed E-state index contributed by atoms with van der Waals surface area (Å²) in [4.78, 5) is 14.8. The van der Waals surface area contributed by atoms with E-state index in [0.717, 1.165) is 28.7 Å². The number of rotatable bonds is 15. The van der Waals surface area contributed by atoms with Crippen molar-refractivity contribution >= 4 is 22.5 Å². The number of H-pyrrole nitrogens is 1. The molecular weight excluding hydrogens is 661 g/mol. The highest BCUT2D eigenvalue weighted by atomic mass is 32.2. The van der Waals surface area contributed by atoms with Crippen molar-refractivity contribution in [3.05, 3.63) is 113 Å². The molecule has 1 heterocycles. The number of benzene rings is 2. The number of allylic oxidation sites excluding steroid dienone is 7. The van der Waals surface area contributed by atoms with Crippen LogP contribution in [0.2, 0.25) is 0 Å². The van der Waals surface area contributed by atoms with Gasteiger partial charge in [-0.05, 0) is 97.4 Å². The van der Waals surface area contributed by atoms with Gasteiger partial charge >= 0.3 is 0 Å². The van der Waals surface area contributed by atoms with Crippen molar-refractivity contribution in [2.75, 3.05) is 7.11 Å². The molecule has 3 rings (SSSR count). The van der Waals surface area contributed by atoms with Crippen LogP contribution in [0.25, 0.3) is 5.57 Å². The van der Waals surface area contributed by atoms with Crippen molar-refractivity contribution in [1.29, 1.82) is 0 Å². The Kier molecular flexibility index (Phi) is 21.2. The van der Waals surface area contributed by atoms with Crippen LogP contribution in [0.4, 0.5) is 0 Å². The number of hydrogen-bond donors (Lipinski definition) is 3. The first kappa shape index (κ1) is 44.3. The summed E-state index contributed by atoms with van der Waals surface area (Å²) in [5, 5.41) is 17.4. The number of aromatic nitrogens is 4. The summed E-state index contributed by atoms with van der Waals surface area (Å²) in [5.74, 6) is 0.945. The molecule has 2 aromatic carbocycles. The van der Waals surface area contributed by atoms with Gasteiger partial charge in [-0.15, -0.1) is 10.2 Å². The largest absolute Gasteiger partial charge is 0.493 e. The number of nitrogens with zero attached hydrogens (tertiary/aromatic N) is 3. The number of hydrogen-bond acceptors (Lipinski definition) is 7. The number of aromatic amines is 1. The van der Waals surface area contributed by atoms with Gasteiger partial charge in [0.05, 0.1) is 17.7 Å². The van der Waals surface area contributed by atoms with Crippen molar-refractivity contribution in [3.63, 3.8) is 0 Å². The number of tetrazole rings is 1. The van der Waals surface area contributed by atoms with E-state index in [1.165, 1.54) is 13.5 Å². The topological polar surface area (TPSA) is 131 Å². The van der Waals surface area contributed by atoms with Crippen LogP contribution in [0.3, 0.4) is 0 Å². The average Bonchev–Trinajstić information content (AvgIpc) is 3.69. The van der Waals surface area contributed by atoms with Gasteiger partial charge in [0, 0.05) is 5.70 Å². The second-order valence-electron chi connectivity index (χ2n) is 11.5. The fourth-order valence-corrected chi connectivity index (χ4v) is 5.11. The van der Waals surface area contributed by atoms with E-state index in [2.05, 4.69) is 58.4 Å². The van der Waals surface area contributed by atoms with Crippen molar-refractivity contribution in [2.45, 2.75) is 106 Å². The molecule has 1 atom stereocenters. The Morgan fingerprint density at radius 1 is 0.980 bits per heavy atom. The first-order chi connectivity index (χ1) is 24.5. The lowest BCUT2D eigenvalue weighted by molar-refractivity contribution is -0.118. The van der Waals surface area contributed by atoms with Gasteiger partial charge in [0.15, 0.2) is 17.3 Å². The lowest BCUT2D eigenvalue weighted by Gasteiger charge is -2.19. The van der Waals surface area contributed by atoms with Gasteiger partial charge in [-0.2, -0.15) is 5.21 Å². The van der Waals surface area contributed by atoms with Crippen molar-refractivity contribution in [1.82, 2.24) is 30.7 Å². The van der Waals surface area contributed by atoms with Crippen LogP contribution >= 0.6 is 0 Å². The molecule has 0 saturated carbocycles. The van der Waals surface area contributed by atoms with Crippen LogP contribution in [0.1, 0.15) is 113 Å². The van der Waals surface area contributed by atoms with E-state index in [1.54, 1.807) is 31.2 Å². The molecule has 0 bridgehead atoms. The fourth-order valence-electron chi connectivity index (χ4n) is 4.24. The van der Waals surface area contributed by atoms with E-state index in [4.69, 9.17) is 9.47 Å². The summed E-state index contributed by atoms with van der Waals surface area (Å²) in [7, 11) is -0.138. The third-order valence-corrected chi connectivity index (χ3v) is 8.23. The second-order valence-corrected chi connectivity index (χ2v) is 12.7. The number of amides is 1. The molecule has 278 valence electrons. The molecule has 3 N–H and O–H groups in total. The number of carbonyl (C=O) groups is 1. The van der Waals surface area contributed by atoms with Gasteiger partial charge in [-0.1, -0.05) is 104 Å². The molecule has 0 aliphatic carbocycles. The molecule has 3 aromatic rings. The van der Waals surface area contributed by atoms with Gasteiger partial charge < -0.3 is 19.5 Å². The van der Waals surface area contributed by atoms with E-state index in [-0.39, 0.29) is 11.5 Å². The highest BCUT2D eigenvalue weighted by Gasteiger charge is 2.22. The molecule has 10 nitrogen and oxygen atoms in total. The van der Waals surface area contributed by atoms with E-state index in [1.807, 2.05) is 90.1 Å². The SMILES string of the molecule is CC.CC/C=C/C=C(\C=C(/C)c1nn[nH]n1)C(/NC(=O)/C(Oc1ccccc1OC)=C(\C)NS(=O)c1ccc(C(C)C)cc1)=C(/C)CC.CCC. The van der Waals surface area contributed by atoms with Crippen molar-refractivity contribution in [3.8, 4) is 11.5 Å². The highest BCUT2D eigenvalue weighted by molar-refractivity contribution is 7.83. The third-order valence-electron chi connectivity index (χ3n) is 7.04. The lowest BCUT2D eigenvalue weighted by atomic mass is 10.0. The third kappa shape index (κ3) is 14.5. The Bertz CT molecular complexity index is 1670. The van der Waals surface area contributed by atoms with Crippen LogP contribution in [-0.2, 0) is 15.8 Å². The molecular formula is C40H58N6O4S. The van der Waals surface area contributed by atoms with E-state index >= 15 is 0 Å². The van der Waals surface area contributed by atoms with E-state index < -0.39 is 16.9 Å². The zero-order valence-electron chi connectivity index (χ0n) is 32.5. The first-order valence-electron chi connectivity index (χ1n) is 17.6. The Hall–Kier alpha value is -4.77. The Morgan fingerprint density at radius 3 is 2.14 bits per heavy atom. The summed E-state index contributed by atoms with van der Waals surface area (Å²) >= 11 is 0. The zero-order valence-corrected chi connectivity index (χ0v) is 33.3. The summed E-state index contributed by atoms with van der Waals surface area (Å²) in [6, 6.07) is 14.6. The maximum absolute atomic E-state index is 14.2. The van der Waals surface area contributed by atoms with Gasteiger partial charge in [0.1, 0.15) is 11.0 Å². The molecule has 0 radical (unpaired) electrons. The minimum atomic E-state index is -1.66. The van der Waals surface area contributed by atoms with E-state index in [0.29, 0.717) is 40.3 Å². The molecule has 0 fully saturated rings. The van der Waals surface area contributed by atoms with Crippen molar-refractivity contribution < 1.29 is 18.5 Å². The summed E-state index contributed by atoms with van der Waals surface area (Å²) in [6.45, 7) is 22.0. The fraction of sp³-hybridized carbons (Fsp3) is 0.400. The maximum Gasteiger partial charge on any atom is 0.293 e. The molecule has 0 saturated heterocycles. The number of ether oxygens (including phenoxy) is 2. The number of nitrogens with one attached hydrogen (secondary N) is 3. The highest BCUT2D eigenvalue weighted by Crippen LogP contribution is 2.29. The van der Waals surface area contributed by atoms with Crippen LogP contribution in [-0.4, -0.2) is 37.9 Å². The Labute approximate surface area is 308 Å². The zero-order chi connectivity index (χ0) is 38.3. The number of para-hydroxylation sites is 2. The Balaban J connectivity index is 0.00000246. The van der Waals surface area contributed by atoms with Crippen LogP contribution in [0, 0.1) is 0 Å². The van der Waals surface area contributed by atoms with Crippen LogP contribution < -0.4 is 19.5 Å². The predicted octanol–water partition coefficient (Wildman–Crippen LogP) is 9.49. The molecule has 0 aliphatic rings. The van der Waals surface area contributed by atoms with E-state index in [9.17, 15) is 9.00 Å². The van der Waals surface area contributed by atoms with Crippen molar-refractivity contribution in [2.24, 2.45) is 0 Å². The first-order valence-corrected chi connectivity index (χ1v) is 18.8. The average molecular weight is 719 g/mol. The minimum absolute atomic E-state index is 0.0691. The molecule has 11 heteroatoms. The normalized spacial score (nSPS) is 13.2. The van der Waals surface area contributed by atoms with Gasteiger partial charge in [-0.3, -0.25) is 4.79 Å². The predicted molar refractivity (Wildman–Crippen MR) is 210 cm³/mol. The molecule has 0 spiro atoms. The monoisotopic (exact) mass is 718 g/mol. The van der Waals surface area contributed by atoms with Crippen LogP contribution in [0.15, 0.2) is 106 Å². The van der Waals surface area contributed by atoms with Gasteiger partial charge in [0.2, 0.25) is 5.76 Å². The number of methoxy groups -OCH3 is 1. The summed E-state index contributed by atoms with van der Waals surface area (Å²) in [6.07, 6.45) is 10.5. The molecule has 1 amide bonds. The smallest absolute Gasteiger partial charge is 0.293 e. The quantitative estimate of drug-likeness (QED) is 0.0811. The minimum Gasteiger partial charge on any atom is -0.493 e. The van der Waals surface area contributed by atoms with Crippen LogP contribution in [0.5, 0.6) is 11.5 Å². The summed E-state index contributed by atoms with van der Waals surface area (Å²) < 4.78 is 28.1. The summed E-state index contributed by atoms with van der Waals surface area (Å²) in [5.41, 5.74) is 4.42. The molecule has 0 aliphatic heterocycles.